The molecule has 1 rings (SSSR count). The summed E-state index contributed by atoms with van der Waals surface area (Å²) in [5.74, 6) is -2.08. The maximum absolute atomic E-state index is 11.5. The number of carboxylic acids is 1. The molecule has 0 aliphatic heterocycles. The smallest absolute Gasteiger partial charge is 0.327 e. The highest BCUT2D eigenvalue weighted by atomic mass is 32.2. The van der Waals surface area contributed by atoms with Gasteiger partial charge >= 0.3 is 5.97 Å². The minimum Gasteiger partial charge on any atom is -0.480 e. The lowest BCUT2D eigenvalue weighted by atomic mass is 10.3. The predicted octanol–water partition coefficient (Wildman–Crippen LogP) is -0.558. The number of thioether (sulfide) groups is 1. The number of hydrazine groups is 1. The van der Waals surface area contributed by atoms with Gasteiger partial charge in [0.1, 0.15) is 6.04 Å². The molecule has 114 valence electrons. The molecule has 3 amide bonds. The van der Waals surface area contributed by atoms with Crippen molar-refractivity contribution >= 4 is 47.3 Å². The van der Waals surface area contributed by atoms with Crippen molar-refractivity contribution in [3.05, 3.63) is 22.4 Å². The van der Waals surface area contributed by atoms with E-state index in [1.165, 1.54) is 11.3 Å². The first-order valence-electron chi connectivity index (χ1n) is 5.67. The lowest BCUT2D eigenvalue weighted by molar-refractivity contribution is -0.139. The van der Waals surface area contributed by atoms with Gasteiger partial charge in [-0.1, -0.05) is 6.07 Å². The summed E-state index contributed by atoms with van der Waals surface area (Å²) in [7, 11) is 0. The molecule has 0 radical (unpaired) electrons. The van der Waals surface area contributed by atoms with E-state index in [1.54, 1.807) is 17.5 Å². The van der Waals surface area contributed by atoms with Crippen LogP contribution in [0.15, 0.2) is 17.5 Å². The molecule has 0 saturated carbocycles. The van der Waals surface area contributed by atoms with Gasteiger partial charge in [-0.25, -0.2) is 4.79 Å². The molecule has 1 aromatic heterocycles. The Bertz CT molecular complexity index is 506. The second-order valence-electron chi connectivity index (χ2n) is 3.67. The van der Waals surface area contributed by atoms with Crippen molar-refractivity contribution in [2.24, 2.45) is 0 Å². The first kappa shape index (κ1) is 17.0. The number of hydrogen-bond donors (Lipinski definition) is 4. The molecule has 0 fully saturated rings. The van der Waals surface area contributed by atoms with E-state index in [-0.39, 0.29) is 11.5 Å². The third kappa shape index (κ3) is 6.27. The van der Waals surface area contributed by atoms with E-state index >= 15 is 0 Å². The number of aliphatic carboxylic acids is 1. The third-order valence-corrected chi connectivity index (χ3v) is 4.05. The number of amides is 3. The Labute approximate surface area is 128 Å². The van der Waals surface area contributed by atoms with Gasteiger partial charge in [0.2, 0.25) is 12.3 Å². The average Bonchev–Trinajstić information content (AvgIpc) is 2.97. The van der Waals surface area contributed by atoms with Crippen molar-refractivity contribution in [2.45, 2.75) is 6.04 Å². The fraction of sp³-hybridized carbons (Fsp3) is 0.273. The molecule has 8 nitrogen and oxygen atoms in total. The number of thiophene rings is 1. The predicted molar refractivity (Wildman–Crippen MR) is 77.9 cm³/mol. The largest absolute Gasteiger partial charge is 0.480 e. The van der Waals surface area contributed by atoms with Gasteiger partial charge in [-0.05, 0) is 11.4 Å². The Kier molecular flexibility index (Phi) is 7.26. The first-order chi connectivity index (χ1) is 10.0. The monoisotopic (exact) mass is 331 g/mol. The molecule has 0 bridgehead atoms. The van der Waals surface area contributed by atoms with Crippen molar-refractivity contribution in [3.63, 3.8) is 0 Å². The summed E-state index contributed by atoms with van der Waals surface area (Å²) in [5.41, 5.74) is 4.46. The van der Waals surface area contributed by atoms with Crippen LogP contribution in [0.4, 0.5) is 0 Å². The third-order valence-electron chi connectivity index (χ3n) is 2.15. The number of carbonyl (C=O) groups is 4. The molecule has 1 unspecified atom stereocenters. The van der Waals surface area contributed by atoms with E-state index in [0.717, 1.165) is 11.8 Å². The topological polar surface area (TPSA) is 125 Å². The van der Waals surface area contributed by atoms with Crippen LogP contribution < -0.4 is 16.2 Å². The minimum atomic E-state index is -1.18. The normalized spacial score (nSPS) is 11.2. The number of nitrogens with one attached hydrogen (secondary N) is 3. The van der Waals surface area contributed by atoms with Crippen LogP contribution in [0, 0.1) is 0 Å². The Balaban J connectivity index is 2.23. The fourth-order valence-electron chi connectivity index (χ4n) is 1.17. The van der Waals surface area contributed by atoms with Crippen LogP contribution in [0.5, 0.6) is 0 Å². The van der Waals surface area contributed by atoms with E-state index in [1.807, 2.05) is 0 Å². The van der Waals surface area contributed by atoms with Crippen LogP contribution in [0.1, 0.15) is 9.67 Å². The van der Waals surface area contributed by atoms with Crippen molar-refractivity contribution in [1.82, 2.24) is 16.2 Å². The van der Waals surface area contributed by atoms with Crippen LogP contribution in [0.3, 0.4) is 0 Å². The molecule has 21 heavy (non-hydrogen) atoms. The van der Waals surface area contributed by atoms with Gasteiger partial charge < -0.3 is 10.4 Å². The SMILES string of the molecule is O=CNC(CSCC(=O)NNC(=O)c1cccs1)C(=O)O. The Hall–Kier alpha value is -2.07. The van der Waals surface area contributed by atoms with E-state index in [9.17, 15) is 19.2 Å². The molecule has 0 saturated heterocycles. The highest BCUT2D eigenvalue weighted by Gasteiger charge is 2.16. The zero-order valence-electron chi connectivity index (χ0n) is 10.7. The number of hydrogen-bond acceptors (Lipinski definition) is 6. The van der Waals surface area contributed by atoms with Crippen LogP contribution in [0.2, 0.25) is 0 Å². The summed E-state index contributed by atoms with van der Waals surface area (Å²) in [6.45, 7) is 0. The quantitative estimate of drug-likeness (QED) is 0.374. The average molecular weight is 331 g/mol. The van der Waals surface area contributed by atoms with Crippen LogP contribution in [-0.2, 0) is 14.4 Å². The summed E-state index contributed by atoms with van der Waals surface area (Å²) < 4.78 is 0. The van der Waals surface area contributed by atoms with Crippen LogP contribution in [-0.4, -0.2) is 46.8 Å². The molecule has 0 spiro atoms. The van der Waals surface area contributed by atoms with E-state index < -0.39 is 23.8 Å². The molecule has 0 aromatic carbocycles. The van der Waals surface area contributed by atoms with Gasteiger partial charge in [0.15, 0.2) is 0 Å². The molecule has 0 aliphatic rings. The van der Waals surface area contributed by atoms with Gasteiger partial charge in [0.05, 0.1) is 10.6 Å². The summed E-state index contributed by atoms with van der Waals surface area (Å²) in [4.78, 5) is 44.3. The molecular weight excluding hydrogens is 318 g/mol. The van der Waals surface area contributed by atoms with Gasteiger partial charge in [-0.3, -0.25) is 25.2 Å². The van der Waals surface area contributed by atoms with Gasteiger partial charge in [-0.15, -0.1) is 23.1 Å². The summed E-state index contributed by atoms with van der Waals surface area (Å²) in [6.07, 6.45) is 0.292. The van der Waals surface area contributed by atoms with E-state index in [4.69, 9.17) is 5.11 Å². The van der Waals surface area contributed by atoms with Crippen LogP contribution >= 0.6 is 23.1 Å². The molecule has 10 heteroatoms. The fourth-order valence-corrected chi connectivity index (χ4v) is 2.64. The number of rotatable bonds is 8. The maximum atomic E-state index is 11.5. The van der Waals surface area contributed by atoms with Crippen molar-refractivity contribution in [3.8, 4) is 0 Å². The molecule has 0 aliphatic carbocycles. The van der Waals surface area contributed by atoms with E-state index in [2.05, 4.69) is 16.2 Å². The Morgan fingerprint density at radius 2 is 2.14 bits per heavy atom. The zero-order chi connectivity index (χ0) is 15.7. The second kappa shape index (κ2) is 8.97. The van der Waals surface area contributed by atoms with Crippen molar-refractivity contribution in [1.29, 1.82) is 0 Å². The summed E-state index contributed by atoms with van der Waals surface area (Å²) >= 11 is 2.26. The maximum Gasteiger partial charge on any atom is 0.327 e. The zero-order valence-corrected chi connectivity index (χ0v) is 12.3. The minimum absolute atomic E-state index is 0.0420. The highest BCUT2D eigenvalue weighted by molar-refractivity contribution is 8.00. The Morgan fingerprint density at radius 3 is 2.71 bits per heavy atom. The van der Waals surface area contributed by atoms with Gasteiger partial charge in [0, 0.05) is 5.75 Å². The summed E-state index contributed by atoms with van der Waals surface area (Å²) in [6, 6.07) is 2.27. The molecule has 1 atom stereocenters. The molecule has 4 N–H and O–H groups in total. The first-order valence-corrected chi connectivity index (χ1v) is 7.71. The standard InChI is InChI=1S/C11H13N3O5S2/c15-6-12-7(11(18)19)4-20-5-9(16)13-14-10(17)8-2-1-3-21-8/h1-3,6-7H,4-5H2,(H,12,15)(H,13,16)(H,14,17)(H,18,19). The lowest BCUT2D eigenvalue weighted by Gasteiger charge is -2.10. The molecular formula is C11H13N3O5S2. The van der Waals surface area contributed by atoms with Crippen molar-refractivity contribution < 1.29 is 24.3 Å². The second-order valence-corrected chi connectivity index (χ2v) is 5.65. The number of carboxylic acid groups (broad SMARTS) is 1. The molecule has 1 aromatic rings. The summed E-state index contributed by atoms with van der Waals surface area (Å²) in [5, 5.41) is 12.6. The lowest BCUT2D eigenvalue weighted by Crippen LogP contribution is -2.43. The van der Waals surface area contributed by atoms with E-state index in [0.29, 0.717) is 11.3 Å². The highest BCUT2D eigenvalue weighted by Crippen LogP contribution is 2.07. The van der Waals surface area contributed by atoms with Crippen LogP contribution in [0.25, 0.3) is 0 Å². The number of carbonyl (C=O) groups excluding carboxylic acids is 3. The van der Waals surface area contributed by atoms with Gasteiger partial charge in [0.25, 0.3) is 5.91 Å². The Morgan fingerprint density at radius 1 is 1.38 bits per heavy atom. The van der Waals surface area contributed by atoms with Gasteiger partial charge in [-0.2, -0.15) is 0 Å². The van der Waals surface area contributed by atoms with Crippen molar-refractivity contribution in [2.75, 3.05) is 11.5 Å². The molecule has 1 heterocycles.